The highest BCUT2D eigenvalue weighted by Crippen LogP contribution is 2.27. The number of nitrogens with one attached hydrogen (secondary N) is 1. The average molecular weight is 333 g/mol. The lowest BCUT2D eigenvalue weighted by atomic mass is 9.96. The maximum Gasteiger partial charge on any atom is 0.254 e. The summed E-state index contributed by atoms with van der Waals surface area (Å²) >= 11 is 0. The number of hydrogen-bond donors (Lipinski definition) is 1. The zero-order chi connectivity index (χ0) is 17.8. The molecule has 5 nitrogen and oxygen atoms in total. The van der Waals surface area contributed by atoms with Gasteiger partial charge in [-0.05, 0) is 35.7 Å². The Balaban J connectivity index is 1.97. The SMILES string of the molecule is Cc1ccccc1C1C(=O)NCCN1C(=O)c1cccc(CC#N)c1. The molecule has 3 rings (SSSR count). The van der Waals surface area contributed by atoms with Crippen LogP contribution in [-0.4, -0.2) is 29.8 Å². The fourth-order valence-electron chi connectivity index (χ4n) is 3.16. The van der Waals surface area contributed by atoms with E-state index in [0.717, 1.165) is 16.7 Å². The van der Waals surface area contributed by atoms with Crippen LogP contribution in [-0.2, 0) is 11.2 Å². The van der Waals surface area contributed by atoms with E-state index in [1.54, 1.807) is 23.1 Å². The standard InChI is InChI=1S/C20H19N3O2/c1-14-5-2-3-8-17(14)18-19(24)22-11-12-23(18)20(25)16-7-4-6-15(13-16)9-10-21/h2-8,13,18H,9,11-12H2,1H3,(H,22,24). The summed E-state index contributed by atoms with van der Waals surface area (Å²) in [6, 6.07) is 16.1. The Kier molecular flexibility index (Phi) is 4.80. The van der Waals surface area contributed by atoms with E-state index < -0.39 is 6.04 Å². The molecule has 5 heteroatoms. The third kappa shape index (κ3) is 3.38. The number of amides is 2. The molecular formula is C20H19N3O2. The van der Waals surface area contributed by atoms with E-state index >= 15 is 0 Å². The number of carbonyl (C=O) groups excluding carboxylic acids is 2. The summed E-state index contributed by atoms with van der Waals surface area (Å²) in [6.07, 6.45) is 0.253. The lowest BCUT2D eigenvalue weighted by Crippen LogP contribution is -2.52. The number of carbonyl (C=O) groups is 2. The minimum Gasteiger partial charge on any atom is -0.352 e. The van der Waals surface area contributed by atoms with Gasteiger partial charge in [-0.1, -0.05) is 36.4 Å². The number of piperazine rings is 1. The first kappa shape index (κ1) is 16.7. The van der Waals surface area contributed by atoms with Crippen LogP contribution in [0.15, 0.2) is 48.5 Å². The number of rotatable bonds is 3. The van der Waals surface area contributed by atoms with Crippen LogP contribution in [0.4, 0.5) is 0 Å². The molecule has 0 spiro atoms. The van der Waals surface area contributed by atoms with Crippen molar-refractivity contribution in [2.24, 2.45) is 0 Å². The van der Waals surface area contributed by atoms with E-state index in [0.29, 0.717) is 18.7 Å². The summed E-state index contributed by atoms with van der Waals surface area (Å²) in [5, 5.41) is 11.7. The van der Waals surface area contributed by atoms with Crippen molar-refractivity contribution in [1.29, 1.82) is 5.26 Å². The number of benzene rings is 2. The van der Waals surface area contributed by atoms with Gasteiger partial charge in [0, 0.05) is 18.7 Å². The van der Waals surface area contributed by atoms with Gasteiger partial charge in [-0.15, -0.1) is 0 Å². The highest BCUT2D eigenvalue weighted by atomic mass is 16.2. The van der Waals surface area contributed by atoms with Gasteiger partial charge in [-0.3, -0.25) is 9.59 Å². The second kappa shape index (κ2) is 7.18. The van der Waals surface area contributed by atoms with Gasteiger partial charge in [-0.25, -0.2) is 0 Å². The first-order valence-electron chi connectivity index (χ1n) is 8.22. The molecule has 1 heterocycles. The minimum absolute atomic E-state index is 0.165. The monoisotopic (exact) mass is 333 g/mol. The fraction of sp³-hybridized carbons (Fsp3) is 0.250. The van der Waals surface area contributed by atoms with Crippen molar-refractivity contribution < 1.29 is 9.59 Å². The molecule has 0 radical (unpaired) electrons. The van der Waals surface area contributed by atoms with Crippen LogP contribution in [0.3, 0.4) is 0 Å². The first-order chi connectivity index (χ1) is 12.1. The van der Waals surface area contributed by atoms with Crippen LogP contribution in [0.1, 0.15) is 33.1 Å². The Bertz CT molecular complexity index is 854. The Hall–Kier alpha value is -3.13. The van der Waals surface area contributed by atoms with E-state index in [1.165, 1.54) is 0 Å². The average Bonchev–Trinajstić information content (AvgIpc) is 2.62. The third-order valence-corrected chi connectivity index (χ3v) is 4.41. The van der Waals surface area contributed by atoms with Crippen molar-refractivity contribution in [2.45, 2.75) is 19.4 Å². The van der Waals surface area contributed by atoms with Crippen LogP contribution in [0.25, 0.3) is 0 Å². The normalized spacial score (nSPS) is 16.9. The molecule has 1 saturated heterocycles. The number of hydrogen-bond acceptors (Lipinski definition) is 3. The zero-order valence-corrected chi connectivity index (χ0v) is 14.0. The predicted molar refractivity (Wildman–Crippen MR) is 93.7 cm³/mol. The molecule has 0 bridgehead atoms. The number of aryl methyl sites for hydroxylation is 1. The fourth-order valence-corrected chi connectivity index (χ4v) is 3.16. The zero-order valence-electron chi connectivity index (χ0n) is 14.0. The van der Waals surface area contributed by atoms with Crippen LogP contribution < -0.4 is 5.32 Å². The Morgan fingerprint density at radius 1 is 1.28 bits per heavy atom. The lowest BCUT2D eigenvalue weighted by molar-refractivity contribution is -0.128. The van der Waals surface area contributed by atoms with Gasteiger partial charge in [0.25, 0.3) is 5.91 Å². The van der Waals surface area contributed by atoms with Gasteiger partial charge < -0.3 is 10.2 Å². The van der Waals surface area contributed by atoms with Crippen LogP contribution >= 0.6 is 0 Å². The molecule has 25 heavy (non-hydrogen) atoms. The van der Waals surface area contributed by atoms with Crippen LogP contribution in [0.5, 0.6) is 0 Å². The quantitative estimate of drug-likeness (QED) is 0.937. The van der Waals surface area contributed by atoms with E-state index in [-0.39, 0.29) is 18.2 Å². The van der Waals surface area contributed by atoms with E-state index in [9.17, 15) is 9.59 Å². The van der Waals surface area contributed by atoms with Crippen molar-refractivity contribution in [2.75, 3.05) is 13.1 Å². The van der Waals surface area contributed by atoms with Crippen LogP contribution in [0.2, 0.25) is 0 Å². The summed E-state index contributed by atoms with van der Waals surface area (Å²) in [4.78, 5) is 27.2. The second-order valence-electron chi connectivity index (χ2n) is 6.08. The summed E-state index contributed by atoms with van der Waals surface area (Å²) in [6.45, 7) is 2.82. The largest absolute Gasteiger partial charge is 0.352 e. The van der Waals surface area contributed by atoms with Crippen LogP contribution in [0, 0.1) is 18.3 Å². The molecule has 126 valence electrons. The molecule has 0 aliphatic carbocycles. The number of nitrogens with zero attached hydrogens (tertiary/aromatic N) is 2. The molecule has 2 aromatic rings. The Morgan fingerprint density at radius 3 is 2.84 bits per heavy atom. The van der Waals surface area contributed by atoms with Gasteiger partial charge in [-0.2, -0.15) is 5.26 Å². The molecule has 0 aromatic heterocycles. The van der Waals surface area contributed by atoms with E-state index in [2.05, 4.69) is 11.4 Å². The van der Waals surface area contributed by atoms with Gasteiger partial charge >= 0.3 is 0 Å². The first-order valence-corrected chi connectivity index (χ1v) is 8.22. The number of nitriles is 1. The summed E-state index contributed by atoms with van der Waals surface area (Å²) in [5.41, 5.74) is 3.10. The summed E-state index contributed by atoms with van der Waals surface area (Å²) in [5.74, 6) is -0.357. The van der Waals surface area contributed by atoms with Gasteiger partial charge in [0.2, 0.25) is 5.91 Å². The predicted octanol–water partition coefficient (Wildman–Crippen LogP) is 2.37. The molecule has 1 aliphatic rings. The van der Waals surface area contributed by atoms with Gasteiger partial charge in [0.05, 0.1) is 12.5 Å². The van der Waals surface area contributed by atoms with Crippen molar-refractivity contribution in [3.05, 3.63) is 70.8 Å². The summed E-state index contributed by atoms with van der Waals surface area (Å²) in [7, 11) is 0. The molecule has 2 aromatic carbocycles. The third-order valence-electron chi connectivity index (χ3n) is 4.41. The topological polar surface area (TPSA) is 73.2 Å². The molecule has 1 N–H and O–H groups in total. The highest BCUT2D eigenvalue weighted by Gasteiger charge is 2.35. The Labute approximate surface area is 146 Å². The molecule has 1 atom stereocenters. The van der Waals surface area contributed by atoms with Gasteiger partial charge in [0.1, 0.15) is 6.04 Å². The van der Waals surface area contributed by atoms with Crippen molar-refractivity contribution >= 4 is 11.8 Å². The lowest BCUT2D eigenvalue weighted by Gasteiger charge is -2.36. The van der Waals surface area contributed by atoms with Crippen molar-refractivity contribution in [3.8, 4) is 6.07 Å². The molecule has 1 aliphatic heterocycles. The maximum atomic E-state index is 13.1. The van der Waals surface area contributed by atoms with Crippen molar-refractivity contribution in [3.63, 3.8) is 0 Å². The molecule has 2 amide bonds. The molecule has 1 fully saturated rings. The van der Waals surface area contributed by atoms with E-state index in [1.807, 2.05) is 37.3 Å². The molecule has 0 saturated carbocycles. The maximum absolute atomic E-state index is 13.1. The highest BCUT2D eigenvalue weighted by molar-refractivity contribution is 5.98. The molecule has 1 unspecified atom stereocenters. The molecular weight excluding hydrogens is 314 g/mol. The smallest absolute Gasteiger partial charge is 0.254 e. The van der Waals surface area contributed by atoms with E-state index in [4.69, 9.17) is 5.26 Å². The minimum atomic E-state index is -0.637. The summed E-state index contributed by atoms with van der Waals surface area (Å²) < 4.78 is 0. The second-order valence-corrected chi connectivity index (χ2v) is 6.08. The van der Waals surface area contributed by atoms with Crippen molar-refractivity contribution in [1.82, 2.24) is 10.2 Å². The van der Waals surface area contributed by atoms with Gasteiger partial charge in [0.15, 0.2) is 0 Å². The Morgan fingerprint density at radius 2 is 2.08 bits per heavy atom.